The highest BCUT2D eigenvalue weighted by atomic mass is 35.5. The Labute approximate surface area is 213 Å². The van der Waals surface area contributed by atoms with Crippen molar-refractivity contribution in [2.45, 2.75) is 31.0 Å². The van der Waals surface area contributed by atoms with Crippen molar-refractivity contribution < 1.29 is 9.59 Å². The van der Waals surface area contributed by atoms with Crippen molar-refractivity contribution in [3.63, 3.8) is 0 Å². The summed E-state index contributed by atoms with van der Waals surface area (Å²) >= 11 is 13.6. The van der Waals surface area contributed by atoms with E-state index in [1.165, 1.54) is 11.8 Å². The molecule has 34 heavy (non-hydrogen) atoms. The summed E-state index contributed by atoms with van der Waals surface area (Å²) in [6, 6.07) is 14.8. The van der Waals surface area contributed by atoms with Crippen molar-refractivity contribution in [1.82, 2.24) is 14.7 Å². The first-order valence-electron chi connectivity index (χ1n) is 11.1. The Hall–Kier alpha value is -2.48. The first kappa shape index (κ1) is 23.3. The lowest BCUT2D eigenvalue weighted by Crippen LogP contribution is -2.45. The number of likely N-dealkylation sites (tertiary alicyclic amines) is 1. The molecule has 176 valence electrons. The maximum Gasteiger partial charge on any atom is 0.262 e. The molecule has 1 fully saturated rings. The van der Waals surface area contributed by atoms with Gasteiger partial charge in [-0.1, -0.05) is 47.5 Å². The highest BCUT2D eigenvalue weighted by Gasteiger charge is 2.44. The third-order valence-electron chi connectivity index (χ3n) is 6.40. The van der Waals surface area contributed by atoms with E-state index in [1.807, 2.05) is 54.7 Å². The van der Waals surface area contributed by atoms with Gasteiger partial charge in [0.05, 0.1) is 10.9 Å². The molecule has 3 atom stereocenters. The predicted molar refractivity (Wildman–Crippen MR) is 137 cm³/mol. The normalized spacial score (nSPS) is 23.6. The number of amidine groups is 1. The van der Waals surface area contributed by atoms with Gasteiger partial charge in [-0.15, -0.1) is 0 Å². The van der Waals surface area contributed by atoms with Crippen LogP contribution in [0.4, 0.5) is 0 Å². The lowest BCUT2D eigenvalue weighted by molar-refractivity contribution is -0.140. The number of hydrogen-bond acceptors (Lipinski definition) is 5. The van der Waals surface area contributed by atoms with Crippen molar-refractivity contribution >= 4 is 51.9 Å². The minimum absolute atomic E-state index is 0.0332. The summed E-state index contributed by atoms with van der Waals surface area (Å²) in [7, 11) is 3.46. The Bertz CT molecular complexity index is 1180. The Morgan fingerprint density at radius 1 is 1.00 bits per heavy atom. The molecule has 0 radical (unpaired) electrons. The summed E-state index contributed by atoms with van der Waals surface area (Å²) in [4.78, 5) is 37.0. The lowest BCUT2D eigenvalue weighted by atomic mass is 9.94. The van der Waals surface area contributed by atoms with Gasteiger partial charge in [0.25, 0.3) is 5.91 Å². The van der Waals surface area contributed by atoms with Gasteiger partial charge in [0.15, 0.2) is 5.17 Å². The average molecular weight is 515 g/mol. The molecule has 9 heteroatoms. The summed E-state index contributed by atoms with van der Waals surface area (Å²) in [6.07, 6.45) is 3.40. The van der Waals surface area contributed by atoms with Gasteiger partial charge < -0.3 is 14.7 Å². The number of rotatable bonds is 4. The van der Waals surface area contributed by atoms with Gasteiger partial charge in [-0.2, -0.15) is 0 Å². The summed E-state index contributed by atoms with van der Waals surface area (Å²) in [5.41, 5.74) is 2.10. The zero-order valence-corrected chi connectivity index (χ0v) is 21.1. The molecule has 3 aliphatic heterocycles. The third-order valence-corrected chi connectivity index (χ3v) is 7.90. The van der Waals surface area contributed by atoms with Crippen molar-refractivity contribution in [3.8, 4) is 0 Å². The van der Waals surface area contributed by atoms with E-state index in [1.54, 1.807) is 23.9 Å². The summed E-state index contributed by atoms with van der Waals surface area (Å²) in [5.74, 6) is -0.146. The number of likely N-dealkylation sites (N-methyl/N-ethyl adjacent to an activating group) is 1. The van der Waals surface area contributed by atoms with Gasteiger partial charge in [0.2, 0.25) is 5.91 Å². The number of amides is 2. The molecule has 2 aromatic carbocycles. The molecule has 0 saturated carbocycles. The van der Waals surface area contributed by atoms with E-state index in [4.69, 9.17) is 28.2 Å². The van der Waals surface area contributed by atoms with Crippen molar-refractivity contribution in [3.05, 3.63) is 80.8 Å². The summed E-state index contributed by atoms with van der Waals surface area (Å²) in [5, 5.41) is 2.12. The number of benzene rings is 2. The third kappa shape index (κ3) is 4.21. The fourth-order valence-corrected chi connectivity index (χ4v) is 5.98. The van der Waals surface area contributed by atoms with Gasteiger partial charge in [-0.05, 0) is 60.0 Å². The standard InChI is InChI=1S/C25H24Cl2N4O2S/c1-29(2)23(32)19-4-3-13-30(19)24(33)20-14-31-22(16-7-11-18(27)12-8-16)21(28-25(31)34-20)15-5-9-17(26)10-6-15/h5-12,14,19,21-22H,3-4,13H2,1-2H3/t19-,21-,22+/m0/s1. The van der Waals surface area contributed by atoms with Gasteiger partial charge >= 0.3 is 0 Å². The fourth-order valence-electron chi connectivity index (χ4n) is 4.72. The Balaban J connectivity index is 1.46. The van der Waals surface area contributed by atoms with E-state index < -0.39 is 6.04 Å². The van der Waals surface area contributed by atoms with E-state index in [0.717, 1.165) is 22.7 Å². The Kier molecular flexibility index (Phi) is 6.35. The first-order valence-corrected chi connectivity index (χ1v) is 12.7. The molecule has 1 saturated heterocycles. The smallest absolute Gasteiger partial charge is 0.262 e. The number of hydrogen-bond donors (Lipinski definition) is 0. The summed E-state index contributed by atoms with van der Waals surface area (Å²) in [6.45, 7) is 0.585. The van der Waals surface area contributed by atoms with Crippen LogP contribution in [-0.2, 0) is 9.59 Å². The largest absolute Gasteiger partial charge is 0.347 e. The van der Waals surface area contributed by atoms with E-state index in [2.05, 4.69) is 4.90 Å². The highest BCUT2D eigenvalue weighted by molar-refractivity contribution is 8.18. The molecule has 0 bridgehead atoms. The highest BCUT2D eigenvalue weighted by Crippen LogP contribution is 2.49. The second-order valence-corrected chi connectivity index (χ2v) is 10.7. The van der Waals surface area contributed by atoms with Gasteiger partial charge in [0.1, 0.15) is 12.1 Å². The van der Waals surface area contributed by atoms with Crippen LogP contribution in [0.2, 0.25) is 10.0 Å². The molecule has 3 heterocycles. The molecule has 0 aromatic heterocycles. The molecule has 3 aliphatic rings. The molecular formula is C25H24Cl2N4O2S. The minimum Gasteiger partial charge on any atom is -0.347 e. The van der Waals surface area contributed by atoms with Crippen LogP contribution in [0.15, 0.2) is 64.6 Å². The molecule has 6 nitrogen and oxygen atoms in total. The predicted octanol–water partition coefficient (Wildman–Crippen LogP) is 5.11. The van der Waals surface area contributed by atoms with Gasteiger partial charge in [0, 0.05) is 36.9 Å². The maximum atomic E-state index is 13.4. The van der Waals surface area contributed by atoms with Gasteiger partial charge in [-0.3, -0.25) is 14.6 Å². The van der Waals surface area contributed by atoms with Crippen molar-refractivity contribution in [2.75, 3.05) is 20.6 Å². The van der Waals surface area contributed by atoms with E-state index in [9.17, 15) is 9.59 Å². The van der Waals surface area contributed by atoms with Crippen LogP contribution in [-0.4, -0.2) is 58.4 Å². The summed E-state index contributed by atoms with van der Waals surface area (Å²) < 4.78 is 0. The Morgan fingerprint density at radius 3 is 2.24 bits per heavy atom. The zero-order chi connectivity index (χ0) is 24.0. The first-order chi connectivity index (χ1) is 16.3. The van der Waals surface area contributed by atoms with Crippen LogP contribution < -0.4 is 0 Å². The van der Waals surface area contributed by atoms with Crippen LogP contribution in [0.1, 0.15) is 36.1 Å². The average Bonchev–Trinajstić information content (AvgIpc) is 3.54. The molecule has 0 aliphatic carbocycles. The number of carbonyl (C=O) groups is 2. The molecule has 5 rings (SSSR count). The molecule has 0 unspecified atom stereocenters. The quantitative estimate of drug-likeness (QED) is 0.568. The van der Waals surface area contributed by atoms with Crippen LogP contribution >= 0.6 is 35.0 Å². The number of aliphatic imine (C=N–C) groups is 1. The van der Waals surface area contributed by atoms with E-state index >= 15 is 0 Å². The van der Waals surface area contributed by atoms with Crippen LogP contribution in [0.25, 0.3) is 0 Å². The van der Waals surface area contributed by atoms with Gasteiger partial charge in [-0.25, -0.2) is 0 Å². The van der Waals surface area contributed by atoms with Crippen LogP contribution in [0.3, 0.4) is 0 Å². The lowest BCUT2D eigenvalue weighted by Gasteiger charge is -2.27. The molecule has 0 spiro atoms. The fraction of sp³-hybridized carbons (Fsp3) is 0.320. The number of halogens is 2. The van der Waals surface area contributed by atoms with Crippen LogP contribution in [0, 0.1) is 0 Å². The number of fused-ring (bicyclic) bond motifs is 1. The minimum atomic E-state index is -0.407. The second kappa shape index (κ2) is 9.29. The molecule has 2 amide bonds. The maximum absolute atomic E-state index is 13.4. The number of carbonyl (C=O) groups excluding carboxylic acids is 2. The molecule has 2 aromatic rings. The molecule has 0 N–H and O–H groups in total. The van der Waals surface area contributed by atoms with Crippen molar-refractivity contribution in [1.29, 1.82) is 0 Å². The van der Waals surface area contributed by atoms with E-state index in [0.29, 0.717) is 27.9 Å². The monoisotopic (exact) mass is 514 g/mol. The number of thioether (sulfide) groups is 1. The Morgan fingerprint density at radius 2 is 1.62 bits per heavy atom. The number of nitrogens with zero attached hydrogens (tertiary/aromatic N) is 4. The topological polar surface area (TPSA) is 56.2 Å². The zero-order valence-electron chi connectivity index (χ0n) is 18.8. The second-order valence-electron chi connectivity index (χ2n) is 8.80. The SMILES string of the molecule is CN(C)C(=O)[C@@H]1CCCN1C(=O)C1=CN2C(=N[C@@H](c3ccc(Cl)cc3)[C@H]2c2ccc(Cl)cc2)S1. The van der Waals surface area contributed by atoms with Crippen molar-refractivity contribution in [2.24, 2.45) is 4.99 Å². The van der Waals surface area contributed by atoms with E-state index in [-0.39, 0.29) is 23.9 Å². The van der Waals surface area contributed by atoms with Crippen LogP contribution in [0.5, 0.6) is 0 Å². The molecular weight excluding hydrogens is 491 g/mol.